The Morgan fingerprint density at radius 2 is 0.660 bits per heavy atom. The normalized spacial score (nSPS) is 15.7. The summed E-state index contributed by atoms with van der Waals surface area (Å²) in [7, 11) is 0. The van der Waals surface area contributed by atoms with Gasteiger partial charge in [-0.15, -0.1) is 0 Å². The second-order valence-corrected chi connectivity index (χ2v) is 26.4. The molecule has 0 aromatic carbocycles. The molecule has 22 nitrogen and oxygen atoms in total. The fourth-order valence-corrected chi connectivity index (χ4v) is 10.9. The molecule has 0 saturated carbocycles. The third-order valence-corrected chi connectivity index (χ3v) is 15.9. The Balaban J connectivity index is 1.84. The van der Waals surface area contributed by atoms with Crippen molar-refractivity contribution in [3.05, 3.63) is 90.3 Å². The largest absolute Gasteiger partial charge is 0.462 e. The van der Waals surface area contributed by atoms with Crippen molar-refractivity contribution >= 4 is 35.8 Å². The smallest absolute Gasteiger partial charge is 0.345 e. The van der Waals surface area contributed by atoms with Gasteiger partial charge < -0.3 is 58.6 Å². The van der Waals surface area contributed by atoms with E-state index in [0.717, 1.165) is 38.5 Å². The molecule has 3 N–H and O–H groups in total. The summed E-state index contributed by atoms with van der Waals surface area (Å²) in [5.41, 5.74) is 1.37. The van der Waals surface area contributed by atoms with Crippen LogP contribution in [0.3, 0.4) is 0 Å². The topological polar surface area (TPSA) is 257 Å². The molecule has 0 aliphatic heterocycles. The van der Waals surface area contributed by atoms with Gasteiger partial charge in [-0.2, -0.15) is 5.26 Å². The van der Waals surface area contributed by atoms with Crippen LogP contribution in [0.25, 0.3) is 9.69 Å². The molecule has 0 amide bonds. The van der Waals surface area contributed by atoms with E-state index in [1.807, 2.05) is 83.1 Å². The van der Waals surface area contributed by atoms with Crippen LogP contribution < -0.4 is 16.0 Å². The molecular formula is C72H111N7O15. The number of hydrogen-bond acceptors (Lipinski definition) is 20. The Kier molecular flexibility index (Phi) is 37.9. The van der Waals surface area contributed by atoms with Gasteiger partial charge in [-0.1, -0.05) is 122 Å². The number of nitrogens with zero attached hydrogens (tertiary/aromatic N) is 4. The lowest BCUT2D eigenvalue weighted by Crippen LogP contribution is -2.36. The van der Waals surface area contributed by atoms with Gasteiger partial charge in [0.2, 0.25) is 11.4 Å². The second kappa shape index (κ2) is 43.9. The van der Waals surface area contributed by atoms with Crippen molar-refractivity contribution in [1.82, 2.24) is 20.9 Å². The SMILES string of the molecule is [C-]#[N+]C1=C(NCCOCCN(CCOCCNC2=C(C#N)C(=C(C(=O)OCCCC)C(=O)OCCCC)CC(C)(C)C2)CCOCCNC2=C([N+]#[C-])C(=C(C(=O)OCCCC)C(=O)OCCCC)CC(C)(C)C2)CC(C)(C)CC1=C(C(=O)OCCCC)C(=O)OCCCC. The number of nitriles is 1. The Bertz CT molecular complexity index is 2470. The number of allylic oxidation sites excluding steroid dienone is 7. The molecule has 0 spiro atoms. The first kappa shape index (κ1) is 81.2. The van der Waals surface area contributed by atoms with Crippen LogP contribution in [-0.4, -0.2) is 159 Å². The first-order valence-corrected chi connectivity index (χ1v) is 34.3. The predicted molar refractivity (Wildman–Crippen MR) is 358 cm³/mol. The number of ether oxygens (including phenoxy) is 9. The van der Waals surface area contributed by atoms with Crippen molar-refractivity contribution in [2.24, 2.45) is 16.2 Å². The predicted octanol–water partition coefficient (Wildman–Crippen LogP) is 11.6. The lowest BCUT2D eigenvalue weighted by atomic mass is 9.72. The fourth-order valence-electron chi connectivity index (χ4n) is 10.9. The molecule has 0 radical (unpaired) electrons. The molecule has 524 valence electrons. The maximum Gasteiger partial charge on any atom is 0.345 e. The number of esters is 6. The summed E-state index contributed by atoms with van der Waals surface area (Å²) < 4.78 is 51.9. The van der Waals surface area contributed by atoms with Crippen LogP contribution in [0.15, 0.2) is 67.5 Å². The highest BCUT2D eigenvalue weighted by Gasteiger charge is 2.40. The third kappa shape index (κ3) is 28.1. The van der Waals surface area contributed by atoms with E-state index in [2.05, 4.69) is 36.6 Å². The van der Waals surface area contributed by atoms with Gasteiger partial charge in [0, 0.05) is 56.4 Å². The molecule has 3 aliphatic rings. The summed E-state index contributed by atoms with van der Waals surface area (Å²) in [5, 5.41) is 20.7. The van der Waals surface area contributed by atoms with E-state index in [1.54, 1.807) is 0 Å². The van der Waals surface area contributed by atoms with Crippen molar-refractivity contribution in [3.63, 3.8) is 0 Å². The van der Waals surface area contributed by atoms with Crippen LogP contribution >= 0.6 is 0 Å². The van der Waals surface area contributed by atoms with Gasteiger partial charge in [-0.3, -0.25) is 4.90 Å². The van der Waals surface area contributed by atoms with E-state index >= 15 is 0 Å². The molecule has 0 heterocycles. The van der Waals surface area contributed by atoms with E-state index < -0.39 is 52.1 Å². The summed E-state index contributed by atoms with van der Waals surface area (Å²) in [4.78, 5) is 91.4. The molecule has 0 unspecified atom stereocenters. The van der Waals surface area contributed by atoms with Gasteiger partial charge >= 0.3 is 35.8 Å². The highest BCUT2D eigenvalue weighted by atomic mass is 16.6. The quantitative estimate of drug-likeness (QED) is 0.00974. The molecule has 22 heteroatoms. The van der Waals surface area contributed by atoms with Crippen LogP contribution in [0, 0.1) is 40.7 Å². The second-order valence-electron chi connectivity index (χ2n) is 26.4. The van der Waals surface area contributed by atoms with E-state index in [1.165, 1.54) is 0 Å². The van der Waals surface area contributed by atoms with Gasteiger partial charge in [0.1, 0.15) is 22.8 Å². The van der Waals surface area contributed by atoms with Crippen molar-refractivity contribution in [3.8, 4) is 6.07 Å². The lowest BCUT2D eigenvalue weighted by Gasteiger charge is -2.34. The molecule has 0 fully saturated rings. The van der Waals surface area contributed by atoms with E-state index in [-0.39, 0.29) is 93.1 Å². The van der Waals surface area contributed by atoms with E-state index in [4.69, 9.17) is 55.8 Å². The maximum atomic E-state index is 13.6. The Morgan fingerprint density at radius 3 is 0.926 bits per heavy atom. The third-order valence-electron chi connectivity index (χ3n) is 15.9. The van der Waals surface area contributed by atoms with Crippen LogP contribution in [-0.2, 0) is 71.4 Å². The maximum absolute atomic E-state index is 13.6. The van der Waals surface area contributed by atoms with Gasteiger partial charge in [-0.25, -0.2) is 38.5 Å². The summed E-state index contributed by atoms with van der Waals surface area (Å²) in [6.07, 6.45) is 10.9. The lowest BCUT2D eigenvalue weighted by molar-refractivity contribution is -0.149. The van der Waals surface area contributed by atoms with E-state index in [0.29, 0.717) is 170 Å². The highest BCUT2D eigenvalue weighted by Crippen LogP contribution is 2.46. The first-order valence-electron chi connectivity index (χ1n) is 34.3. The monoisotopic (exact) mass is 1310 g/mol. The molecule has 0 aromatic heterocycles. The van der Waals surface area contributed by atoms with Gasteiger partial charge in [0.05, 0.1) is 98.0 Å². The zero-order valence-electron chi connectivity index (χ0n) is 58.9. The first-order chi connectivity index (χ1) is 45.0. The molecule has 0 atom stereocenters. The van der Waals surface area contributed by atoms with Crippen LogP contribution in [0.4, 0.5) is 0 Å². The Morgan fingerprint density at radius 1 is 0.404 bits per heavy atom. The molecule has 3 aliphatic carbocycles. The molecular weight excluding hydrogens is 1200 g/mol. The van der Waals surface area contributed by atoms with Crippen molar-refractivity contribution in [1.29, 1.82) is 5.26 Å². The summed E-state index contributed by atoms with van der Waals surface area (Å²) in [6, 6.07) is 2.27. The van der Waals surface area contributed by atoms with E-state index in [9.17, 15) is 34.0 Å². The molecule has 0 saturated heterocycles. The zero-order valence-corrected chi connectivity index (χ0v) is 58.9. The van der Waals surface area contributed by atoms with Crippen LogP contribution in [0.5, 0.6) is 0 Å². The fraction of sp³-hybridized carbons (Fsp3) is 0.708. The summed E-state index contributed by atoms with van der Waals surface area (Å²) >= 11 is 0. The minimum absolute atomic E-state index is 0.136. The number of nitrogens with one attached hydrogen (secondary N) is 3. The molecule has 94 heavy (non-hydrogen) atoms. The minimum Gasteiger partial charge on any atom is -0.462 e. The van der Waals surface area contributed by atoms with Crippen molar-refractivity contribution in [2.75, 3.05) is 119 Å². The summed E-state index contributed by atoms with van der Waals surface area (Å²) in [5.74, 6) is -4.77. The van der Waals surface area contributed by atoms with Gasteiger partial charge in [0.25, 0.3) is 0 Å². The number of carbonyl (C=O) groups is 6. The zero-order chi connectivity index (χ0) is 69.5. The number of unbranched alkanes of at least 4 members (excludes halogenated alkanes) is 6. The average molecular weight is 1310 g/mol. The van der Waals surface area contributed by atoms with Crippen molar-refractivity contribution in [2.45, 2.75) is 199 Å². The average Bonchev–Trinajstić information content (AvgIpc) is 0.800. The van der Waals surface area contributed by atoms with Crippen LogP contribution in [0.2, 0.25) is 0 Å². The van der Waals surface area contributed by atoms with Gasteiger partial charge in [-0.05, 0) is 110 Å². The molecule has 0 aromatic rings. The minimum atomic E-state index is -0.800. The highest BCUT2D eigenvalue weighted by molar-refractivity contribution is 6.17. The number of carbonyl (C=O) groups excluding carboxylic acids is 6. The number of rotatable bonds is 45. The van der Waals surface area contributed by atoms with Crippen LogP contribution in [0.1, 0.15) is 199 Å². The number of hydrogen-bond donors (Lipinski definition) is 3. The van der Waals surface area contributed by atoms with Crippen molar-refractivity contribution < 1.29 is 71.4 Å². The van der Waals surface area contributed by atoms with Gasteiger partial charge in [0.15, 0.2) is 0 Å². The Hall–Kier alpha value is -7.03. The standard InChI is InChI=1S/C72H111N7O15/c1-15-21-33-89-64(80)59(65(81)90-34-22-16-2)52-45-70(7,8)48-56(55(52)51-73)76-27-39-86-42-30-79(31-43-87-40-28-77-57-49-71(9,10)46-53(62(57)74-13)60(66(82)91-35-23-17-3)67(83)92-36-24-18-4)32-44-88-41-29-78-58-50-72(11,12)47-54(63(58)75-14)61(68(84)93-37-25-19-5)69(85)94-38-26-20-6/h76-78H,15-50H2,1-12H3. The molecule has 0 bridgehead atoms. The Labute approximate surface area is 560 Å². The molecule has 3 rings (SSSR count). The summed E-state index contributed by atoms with van der Waals surface area (Å²) in [6.45, 7) is 45.5.